The third-order valence-corrected chi connectivity index (χ3v) is 5.99. The molecule has 0 saturated heterocycles. The first-order chi connectivity index (χ1) is 12.3. The minimum Gasteiger partial charge on any atom is -0.322 e. The van der Waals surface area contributed by atoms with Gasteiger partial charge in [0.25, 0.3) is 0 Å². The summed E-state index contributed by atoms with van der Waals surface area (Å²) >= 11 is 0. The molecular weight excluding hydrogens is 345 g/mol. The molecule has 1 saturated carbocycles. The van der Waals surface area contributed by atoms with Crippen molar-refractivity contribution in [2.45, 2.75) is 82.6 Å². The molecule has 0 amide bonds. The first-order valence-electron chi connectivity index (χ1n) is 9.95. The zero-order chi connectivity index (χ0) is 19.0. The SMILES string of the molecule is CCCCCCCCc1ccc([C@H]2CC[C@@](N)(/C=C/P(=O)(O)O)C2)cc1. The van der Waals surface area contributed by atoms with Gasteiger partial charge in [-0.2, -0.15) is 0 Å². The number of hydrogen-bond acceptors (Lipinski definition) is 2. The maximum Gasteiger partial charge on any atom is 0.348 e. The minimum atomic E-state index is -4.14. The number of benzene rings is 1. The highest BCUT2D eigenvalue weighted by molar-refractivity contribution is 7.55. The molecule has 0 bridgehead atoms. The molecular formula is C21H34NO3P. The normalized spacial score (nSPS) is 23.8. The summed E-state index contributed by atoms with van der Waals surface area (Å²) in [6.07, 6.45) is 13.0. The second-order valence-corrected chi connectivity index (χ2v) is 9.31. The Kier molecular flexibility index (Phi) is 8.09. The van der Waals surface area contributed by atoms with E-state index in [9.17, 15) is 4.57 Å². The maximum atomic E-state index is 11.0. The van der Waals surface area contributed by atoms with Gasteiger partial charge in [0, 0.05) is 11.4 Å². The maximum absolute atomic E-state index is 11.0. The van der Waals surface area contributed by atoms with Gasteiger partial charge < -0.3 is 15.5 Å². The number of hydrogen-bond donors (Lipinski definition) is 3. The van der Waals surface area contributed by atoms with Crippen molar-refractivity contribution in [3.8, 4) is 0 Å². The molecule has 0 aromatic heterocycles. The van der Waals surface area contributed by atoms with Gasteiger partial charge in [0.2, 0.25) is 0 Å². The summed E-state index contributed by atoms with van der Waals surface area (Å²) in [5.74, 6) is 1.32. The van der Waals surface area contributed by atoms with Gasteiger partial charge in [-0.3, -0.25) is 4.57 Å². The highest BCUT2D eigenvalue weighted by Crippen LogP contribution is 2.43. The van der Waals surface area contributed by atoms with Gasteiger partial charge in [-0.05, 0) is 49.1 Å². The van der Waals surface area contributed by atoms with Crippen molar-refractivity contribution in [2.24, 2.45) is 5.73 Å². The smallest absolute Gasteiger partial charge is 0.322 e. The van der Waals surface area contributed by atoms with Crippen LogP contribution in [-0.2, 0) is 11.0 Å². The molecule has 1 aromatic carbocycles. The fraction of sp³-hybridized carbons (Fsp3) is 0.619. The van der Waals surface area contributed by atoms with Crippen LogP contribution >= 0.6 is 7.60 Å². The van der Waals surface area contributed by atoms with Crippen LogP contribution in [0, 0.1) is 0 Å². The second-order valence-electron chi connectivity index (χ2n) is 7.84. The third kappa shape index (κ3) is 7.36. The number of rotatable bonds is 10. The Labute approximate surface area is 158 Å². The predicted octanol–water partition coefficient (Wildman–Crippen LogP) is 5.25. The molecule has 1 aliphatic rings. The van der Waals surface area contributed by atoms with Gasteiger partial charge in [-0.25, -0.2) is 0 Å². The standard InChI is InChI=1S/C21H34NO3P/c1-2-3-4-5-6-7-8-18-9-11-19(12-10-18)20-13-14-21(22,17-20)15-16-26(23,24)25/h9-12,15-16,20H,2-8,13-14,17,22H2,1H3,(H2,23,24,25)/b16-15+/t20-,21+/m0/s1. The molecule has 1 aromatic rings. The van der Waals surface area contributed by atoms with Crippen molar-refractivity contribution in [3.05, 3.63) is 47.3 Å². The van der Waals surface area contributed by atoms with Crippen LogP contribution in [0.2, 0.25) is 0 Å². The van der Waals surface area contributed by atoms with Crippen LogP contribution < -0.4 is 5.73 Å². The molecule has 1 aliphatic carbocycles. The van der Waals surface area contributed by atoms with Gasteiger partial charge in [0.1, 0.15) is 0 Å². The van der Waals surface area contributed by atoms with Crippen LogP contribution in [0.1, 0.15) is 81.8 Å². The Morgan fingerprint density at radius 2 is 1.81 bits per heavy atom. The predicted molar refractivity (Wildman–Crippen MR) is 108 cm³/mol. The Balaban J connectivity index is 1.81. The van der Waals surface area contributed by atoms with Crippen molar-refractivity contribution in [3.63, 3.8) is 0 Å². The summed E-state index contributed by atoms with van der Waals surface area (Å²) < 4.78 is 11.0. The van der Waals surface area contributed by atoms with Crippen molar-refractivity contribution in [1.29, 1.82) is 0 Å². The number of unbranched alkanes of at least 4 members (excludes halogenated alkanes) is 5. The highest BCUT2D eigenvalue weighted by Gasteiger charge is 2.34. The van der Waals surface area contributed by atoms with E-state index in [2.05, 4.69) is 31.2 Å². The van der Waals surface area contributed by atoms with E-state index in [1.165, 1.54) is 55.7 Å². The minimum absolute atomic E-state index is 0.365. The third-order valence-electron chi connectivity index (χ3n) is 5.46. The van der Waals surface area contributed by atoms with Gasteiger partial charge in [-0.1, -0.05) is 69.4 Å². The van der Waals surface area contributed by atoms with Crippen LogP contribution in [0.5, 0.6) is 0 Å². The lowest BCUT2D eigenvalue weighted by Crippen LogP contribution is -2.34. The average Bonchev–Trinajstić information content (AvgIpc) is 2.99. The lowest BCUT2D eigenvalue weighted by molar-refractivity contribution is 0.385. The van der Waals surface area contributed by atoms with Crippen LogP contribution in [-0.4, -0.2) is 15.3 Å². The lowest BCUT2D eigenvalue weighted by Gasteiger charge is -2.20. The van der Waals surface area contributed by atoms with E-state index in [1.54, 1.807) is 0 Å². The molecule has 0 heterocycles. The number of aryl methyl sites for hydroxylation is 1. The Bertz CT molecular complexity index is 623. The fourth-order valence-electron chi connectivity index (χ4n) is 3.85. The molecule has 1 fully saturated rings. The molecule has 2 atom stereocenters. The molecule has 0 unspecified atom stereocenters. The second kappa shape index (κ2) is 9.85. The Hall–Kier alpha value is -0.930. The van der Waals surface area contributed by atoms with Crippen LogP contribution in [0.25, 0.3) is 0 Å². The monoisotopic (exact) mass is 379 g/mol. The van der Waals surface area contributed by atoms with Crippen LogP contribution in [0.15, 0.2) is 36.2 Å². The zero-order valence-corrected chi connectivity index (χ0v) is 16.8. The summed E-state index contributed by atoms with van der Waals surface area (Å²) in [5, 5.41) is 0. The molecule has 5 heteroatoms. The van der Waals surface area contributed by atoms with E-state index in [4.69, 9.17) is 15.5 Å². The number of nitrogens with two attached hydrogens (primary N) is 1. The van der Waals surface area contributed by atoms with Crippen molar-refractivity contribution in [2.75, 3.05) is 0 Å². The van der Waals surface area contributed by atoms with Gasteiger partial charge in [-0.15, -0.1) is 0 Å². The Morgan fingerprint density at radius 3 is 2.46 bits per heavy atom. The molecule has 2 rings (SSSR count). The largest absolute Gasteiger partial charge is 0.348 e. The topological polar surface area (TPSA) is 83.6 Å². The van der Waals surface area contributed by atoms with Crippen molar-refractivity contribution < 1.29 is 14.4 Å². The van der Waals surface area contributed by atoms with Crippen LogP contribution in [0.4, 0.5) is 0 Å². The molecule has 0 radical (unpaired) electrons. The van der Waals surface area contributed by atoms with Gasteiger partial charge in [0.15, 0.2) is 0 Å². The lowest BCUT2D eigenvalue weighted by atomic mass is 9.92. The Morgan fingerprint density at radius 1 is 1.15 bits per heavy atom. The summed E-state index contributed by atoms with van der Waals surface area (Å²) in [6, 6.07) is 8.86. The molecule has 26 heavy (non-hydrogen) atoms. The molecule has 4 nitrogen and oxygen atoms in total. The summed E-state index contributed by atoms with van der Waals surface area (Å²) in [6.45, 7) is 2.24. The van der Waals surface area contributed by atoms with E-state index in [-0.39, 0.29) is 0 Å². The summed E-state index contributed by atoms with van der Waals surface area (Å²) in [5.41, 5.74) is 8.38. The van der Waals surface area contributed by atoms with E-state index in [1.807, 2.05) is 0 Å². The van der Waals surface area contributed by atoms with Crippen LogP contribution in [0.3, 0.4) is 0 Å². The zero-order valence-electron chi connectivity index (χ0n) is 15.9. The summed E-state index contributed by atoms with van der Waals surface area (Å²) in [4.78, 5) is 18.0. The fourth-order valence-corrected chi connectivity index (χ4v) is 4.34. The van der Waals surface area contributed by atoms with E-state index < -0.39 is 13.1 Å². The highest BCUT2D eigenvalue weighted by atomic mass is 31.2. The summed E-state index contributed by atoms with van der Waals surface area (Å²) in [7, 11) is -4.14. The molecule has 0 aliphatic heterocycles. The van der Waals surface area contributed by atoms with E-state index >= 15 is 0 Å². The van der Waals surface area contributed by atoms with Crippen molar-refractivity contribution in [1.82, 2.24) is 0 Å². The van der Waals surface area contributed by atoms with E-state index in [0.29, 0.717) is 5.92 Å². The van der Waals surface area contributed by atoms with Crippen molar-refractivity contribution >= 4 is 7.60 Å². The molecule has 0 spiro atoms. The van der Waals surface area contributed by atoms with Gasteiger partial charge in [0.05, 0.1) is 0 Å². The molecule has 4 N–H and O–H groups in total. The van der Waals surface area contributed by atoms with E-state index in [0.717, 1.165) is 31.5 Å². The quantitative estimate of drug-likeness (QED) is 0.383. The molecule has 146 valence electrons. The van der Waals surface area contributed by atoms with Gasteiger partial charge >= 0.3 is 7.60 Å². The first-order valence-corrected chi connectivity index (χ1v) is 11.6. The first kappa shape index (κ1) is 21.4. The average molecular weight is 379 g/mol.